The lowest BCUT2D eigenvalue weighted by Gasteiger charge is -2.31. The Hall–Kier alpha value is -3.10. The second-order valence-electron chi connectivity index (χ2n) is 7.43. The molecule has 162 valence electrons. The molecule has 0 aliphatic carbocycles. The highest BCUT2D eigenvalue weighted by molar-refractivity contribution is 7.89. The van der Waals surface area contributed by atoms with Crippen LogP contribution in [0.3, 0.4) is 0 Å². The Balaban J connectivity index is 1.37. The summed E-state index contributed by atoms with van der Waals surface area (Å²) in [7, 11) is -3.59. The monoisotopic (exact) mass is 440 g/mol. The van der Waals surface area contributed by atoms with Crippen LogP contribution in [-0.2, 0) is 14.8 Å². The predicted octanol–water partition coefficient (Wildman–Crippen LogP) is 4.14. The van der Waals surface area contributed by atoms with Crippen molar-refractivity contribution in [2.75, 3.05) is 18.4 Å². The Labute approximate surface area is 181 Å². The third-order valence-corrected chi connectivity index (χ3v) is 7.07. The van der Waals surface area contributed by atoms with E-state index in [1.54, 1.807) is 18.4 Å². The molecule has 1 saturated heterocycles. The fraction of sp³-hybridized carbons (Fsp3) is 0.261. The number of anilines is 1. The molecule has 0 radical (unpaired) electrons. The lowest BCUT2D eigenvalue weighted by Crippen LogP contribution is -2.41. The number of amides is 1. The van der Waals surface area contributed by atoms with Crippen LogP contribution in [0.25, 0.3) is 11.3 Å². The molecule has 0 saturated carbocycles. The highest BCUT2D eigenvalue weighted by Crippen LogP contribution is 2.28. The Kier molecular flexibility index (Phi) is 6.11. The van der Waals surface area contributed by atoms with Gasteiger partial charge in [-0.25, -0.2) is 8.42 Å². The molecule has 2 heterocycles. The van der Waals surface area contributed by atoms with Crippen molar-refractivity contribution in [2.24, 2.45) is 0 Å². The van der Waals surface area contributed by atoms with E-state index >= 15 is 0 Å². The zero-order valence-electron chi connectivity index (χ0n) is 17.2. The average molecular weight is 441 g/mol. The van der Waals surface area contributed by atoms with Crippen molar-refractivity contribution in [2.45, 2.75) is 30.8 Å². The van der Waals surface area contributed by atoms with Crippen molar-refractivity contribution < 1.29 is 22.4 Å². The summed E-state index contributed by atoms with van der Waals surface area (Å²) < 4.78 is 38.9. The third kappa shape index (κ3) is 4.98. The molecule has 2 aromatic carbocycles. The molecule has 1 aliphatic rings. The van der Waals surface area contributed by atoms with Gasteiger partial charge < -0.3 is 14.5 Å². The van der Waals surface area contributed by atoms with Gasteiger partial charge >= 0.3 is 0 Å². The smallest absolute Gasteiger partial charge is 0.243 e. The molecule has 0 atom stereocenters. The summed E-state index contributed by atoms with van der Waals surface area (Å²) >= 11 is 0. The number of furan rings is 1. The fourth-order valence-corrected chi connectivity index (χ4v) is 5.08. The van der Waals surface area contributed by atoms with E-state index < -0.39 is 10.0 Å². The molecular weight excluding hydrogens is 416 g/mol. The first-order valence-electron chi connectivity index (χ1n) is 10.1. The molecule has 1 fully saturated rings. The average Bonchev–Trinajstić information content (AvgIpc) is 3.29. The topological polar surface area (TPSA) is 88.9 Å². The van der Waals surface area contributed by atoms with Crippen molar-refractivity contribution in [3.05, 3.63) is 66.9 Å². The SMILES string of the molecule is CC(=O)Nc1ccc(S(=O)(=O)N2CCC(Oc3cccc(-c4ccco4)c3)CC2)cc1. The van der Waals surface area contributed by atoms with Gasteiger partial charge in [-0.15, -0.1) is 0 Å². The van der Waals surface area contributed by atoms with Gasteiger partial charge in [0.25, 0.3) is 0 Å². The highest BCUT2D eigenvalue weighted by atomic mass is 32.2. The third-order valence-electron chi connectivity index (χ3n) is 5.16. The van der Waals surface area contributed by atoms with E-state index in [1.165, 1.54) is 23.4 Å². The molecule has 7 nitrogen and oxygen atoms in total. The lowest BCUT2D eigenvalue weighted by molar-refractivity contribution is -0.114. The van der Waals surface area contributed by atoms with E-state index in [0.29, 0.717) is 31.6 Å². The van der Waals surface area contributed by atoms with Crippen LogP contribution in [0.1, 0.15) is 19.8 Å². The number of benzene rings is 2. The van der Waals surface area contributed by atoms with Crippen LogP contribution >= 0.6 is 0 Å². The van der Waals surface area contributed by atoms with E-state index in [9.17, 15) is 13.2 Å². The number of ether oxygens (including phenoxy) is 1. The summed E-state index contributed by atoms with van der Waals surface area (Å²) in [6, 6.07) is 17.6. The second kappa shape index (κ2) is 8.95. The van der Waals surface area contributed by atoms with E-state index in [1.807, 2.05) is 36.4 Å². The lowest BCUT2D eigenvalue weighted by atomic mass is 10.1. The Bertz CT molecular complexity index is 1130. The summed E-state index contributed by atoms with van der Waals surface area (Å²) in [5, 5.41) is 2.63. The molecule has 0 bridgehead atoms. The van der Waals surface area contributed by atoms with Crippen molar-refractivity contribution >= 4 is 21.6 Å². The van der Waals surface area contributed by atoms with E-state index in [0.717, 1.165) is 17.1 Å². The maximum absolute atomic E-state index is 12.9. The maximum Gasteiger partial charge on any atom is 0.243 e. The maximum atomic E-state index is 12.9. The van der Waals surface area contributed by atoms with Crippen molar-refractivity contribution in [3.8, 4) is 17.1 Å². The predicted molar refractivity (Wildman–Crippen MR) is 117 cm³/mol. The van der Waals surface area contributed by atoms with Gasteiger partial charge in [0.1, 0.15) is 17.6 Å². The minimum absolute atomic E-state index is 0.0551. The first kappa shape index (κ1) is 21.1. The first-order chi connectivity index (χ1) is 14.9. The Morgan fingerprint density at radius 3 is 2.45 bits per heavy atom. The van der Waals surface area contributed by atoms with E-state index in [4.69, 9.17) is 9.15 Å². The molecule has 1 aliphatic heterocycles. The van der Waals surface area contributed by atoms with Crippen LogP contribution in [0.5, 0.6) is 5.75 Å². The molecule has 0 spiro atoms. The second-order valence-corrected chi connectivity index (χ2v) is 9.37. The highest BCUT2D eigenvalue weighted by Gasteiger charge is 2.30. The number of sulfonamides is 1. The van der Waals surface area contributed by atoms with Gasteiger partial charge in [0, 0.05) is 31.3 Å². The number of rotatable bonds is 6. The van der Waals surface area contributed by atoms with Gasteiger partial charge in [0.15, 0.2) is 0 Å². The van der Waals surface area contributed by atoms with Crippen molar-refractivity contribution in [1.29, 1.82) is 0 Å². The van der Waals surface area contributed by atoms with Gasteiger partial charge in [-0.1, -0.05) is 12.1 Å². The largest absolute Gasteiger partial charge is 0.490 e. The number of carbonyl (C=O) groups excluding carboxylic acids is 1. The summed E-state index contributed by atoms with van der Waals surface area (Å²) in [5.41, 5.74) is 1.50. The van der Waals surface area contributed by atoms with Crippen LogP contribution in [0.2, 0.25) is 0 Å². The Morgan fingerprint density at radius 1 is 1.06 bits per heavy atom. The van der Waals surface area contributed by atoms with Crippen LogP contribution in [-0.4, -0.2) is 37.8 Å². The standard InChI is InChI=1S/C23H24N2O5S/c1-17(26)24-19-7-9-22(10-8-19)31(27,28)25-13-11-20(12-14-25)30-21-5-2-4-18(16-21)23-6-3-15-29-23/h2-10,15-16,20H,11-14H2,1H3,(H,24,26). The minimum Gasteiger partial charge on any atom is -0.490 e. The molecule has 1 amide bonds. The molecule has 8 heteroatoms. The van der Waals surface area contributed by atoms with Gasteiger partial charge in [-0.3, -0.25) is 4.79 Å². The molecule has 4 rings (SSSR count). The van der Waals surface area contributed by atoms with Crippen LogP contribution in [0.4, 0.5) is 5.69 Å². The summed E-state index contributed by atoms with van der Waals surface area (Å²) in [6.07, 6.45) is 2.79. The number of hydrogen-bond donors (Lipinski definition) is 1. The van der Waals surface area contributed by atoms with Gasteiger partial charge in [0.05, 0.1) is 11.2 Å². The van der Waals surface area contributed by atoms with Crippen LogP contribution in [0.15, 0.2) is 76.2 Å². The molecule has 3 aromatic rings. The first-order valence-corrected chi connectivity index (χ1v) is 11.5. The number of nitrogens with one attached hydrogen (secondary N) is 1. The van der Waals surface area contributed by atoms with Crippen molar-refractivity contribution in [1.82, 2.24) is 4.31 Å². The fourth-order valence-electron chi connectivity index (χ4n) is 3.61. The number of hydrogen-bond acceptors (Lipinski definition) is 5. The zero-order valence-corrected chi connectivity index (χ0v) is 18.0. The van der Waals surface area contributed by atoms with Gasteiger partial charge in [0.2, 0.25) is 15.9 Å². The molecule has 31 heavy (non-hydrogen) atoms. The normalized spacial score (nSPS) is 15.5. The zero-order chi connectivity index (χ0) is 21.8. The number of piperidine rings is 1. The minimum atomic E-state index is -3.59. The van der Waals surface area contributed by atoms with E-state index in [2.05, 4.69) is 5.32 Å². The molecule has 1 aromatic heterocycles. The van der Waals surface area contributed by atoms with Gasteiger partial charge in [-0.2, -0.15) is 4.31 Å². The Morgan fingerprint density at radius 2 is 1.81 bits per heavy atom. The molecule has 0 unspecified atom stereocenters. The summed E-state index contributed by atoms with van der Waals surface area (Å²) in [4.78, 5) is 11.3. The molecule has 1 N–H and O–H groups in total. The quantitative estimate of drug-likeness (QED) is 0.622. The van der Waals surface area contributed by atoms with Crippen molar-refractivity contribution in [3.63, 3.8) is 0 Å². The van der Waals surface area contributed by atoms with Crippen LogP contribution in [0, 0.1) is 0 Å². The number of nitrogens with zero attached hydrogens (tertiary/aromatic N) is 1. The van der Waals surface area contributed by atoms with Crippen LogP contribution < -0.4 is 10.1 Å². The summed E-state index contributed by atoms with van der Waals surface area (Å²) in [6.45, 7) is 2.18. The van der Waals surface area contributed by atoms with E-state index in [-0.39, 0.29) is 16.9 Å². The number of carbonyl (C=O) groups is 1. The summed E-state index contributed by atoms with van der Waals surface area (Å²) in [5.74, 6) is 1.31. The molecular formula is C23H24N2O5S. The van der Waals surface area contributed by atoms with Gasteiger partial charge in [-0.05, 0) is 61.4 Å².